The summed E-state index contributed by atoms with van der Waals surface area (Å²) < 4.78 is 12.5. The van der Waals surface area contributed by atoms with E-state index in [4.69, 9.17) is 9.47 Å². The zero-order chi connectivity index (χ0) is 24.5. The average molecular weight is 507 g/mol. The van der Waals surface area contributed by atoms with E-state index in [1.54, 1.807) is 23.5 Å². The zero-order valence-corrected chi connectivity index (χ0v) is 21.9. The monoisotopic (exact) mass is 506 g/mol. The molecule has 36 heavy (non-hydrogen) atoms. The van der Waals surface area contributed by atoms with E-state index in [0.29, 0.717) is 13.2 Å². The molecule has 0 aliphatic carbocycles. The molecule has 0 amide bonds. The molecule has 0 radical (unpaired) electrons. The number of ether oxygens (including phenoxy) is 2. The van der Waals surface area contributed by atoms with Crippen molar-refractivity contribution >= 4 is 34.7 Å². The Kier molecular flexibility index (Phi) is 6.39. The van der Waals surface area contributed by atoms with Gasteiger partial charge in [-0.05, 0) is 50.2 Å². The minimum atomic E-state index is 0.542. The van der Waals surface area contributed by atoms with Crippen molar-refractivity contribution in [2.75, 3.05) is 13.2 Å². The second-order valence-corrected chi connectivity index (χ2v) is 11.3. The van der Waals surface area contributed by atoms with E-state index in [-0.39, 0.29) is 0 Å². The summed E-state index contributed by atoms with van der Waals surface area (Å²) in [4.78, 5) is 4.85. The summed E-state index contributed by atoms with van der Waals surface area (Å²) >= 11 is 3.59. The molecule has 4 heteroatoms. The molecule has 2 nitrogen and oxygen atoms in total. The third-order valence-corrected chi connectivity index (χ3v) is 8.51. The highest BCUT2D eigenvalue weighted by Gasteiger charge is 2.30. The summed E-state index contributed by atoms with van der Waals surface area (Å²) in [6.07, 6.45) is 0. The summed E-state index contributed by atoms with van der Waals surface area (Å²) in [6, 6.07) is 34.2. The molecule has 2 aliphatic rings. The summed E-state index contributed by atoms with van der Waals surface area (Å²) in [5.41, 5.74) is 7.27. The third kappa shape index (κ3) is 4.59. The van der Waals surface area contributed by atoms with Crippen LogP contribution in [0.3, 0.4) is 0 Å². The van der Waals surface area contributed by atoms with E-state index >= 15 is 0 Å². The molecule has 6 rings (SSSR count). The highest BCUT2D eigenvalue weighted by molar-refractivity contribution is 8.03. The van der Waals surface area contributed by atoms with Crippen molar-refractivity contribution in [1.82, 2.24) is 0 Å². The number of rotatable bonds is 5. The van der Waals surface area contributed by atoms with Crippen molar-refractivity contribution in [2.45, 2.75) is 23.6 Å². The van der Waals surface area contributed by atoms with Gasteiger partial charge < -0.3 is 9.47 Å². The fourth-order valence-corrected chi connectivity index (χ4v) is 6.51. The Morgan fingerprint density at radius 1 is 0.500 bits per heavy atom. The fourth-order valence-electron chi connectivity index (χ4n) is 4.54. The van der Waals surface area contributed by atoms with Gasteiger partial charge in [-0.25, -0.2) is 0 Å². The van der Waals surface area contributed by atoms with Gasteiger partial charge in [-0.15, -0.1) is 0 Å². The van der Waals surface area contributed by atoms with Crippen molar-refractivity contribution in [3.8, 4) is 11.5 Å². The lowest BCUT2D eigenvalue weighted by Crippen LogP contribution is -2.15. The highest BCUT2D eigenvalue weighted by Crippen LogP contribution is 2.52. The van der Waals surface area contributed by atoms with Gasteiger partial charge in [0.2, 0.25) is 0 Å². The van der Waals surface area contributed by atoms with E-state index in [0.717, 1.165) is 22.6 Å². The number of hydrogen-bond acceptors (Lipinski definition) is 4. The summed E-state index contributed by atoms with van der Waals surface area (Å²) in [5, 5.41) is 0. The first-order valence-corrected chi connectivity index (χ1v) is 13.7. The summed E-state index contributed by atoms with van der Waals surface area (Å²) in [6.45, 7) is 5.33. The van der Waals surface area contributed by atoms with Gasteiger partial charge in [0.25, 0.3) is 0 Å². The van der Waals surface area contributed by atoms with Crippen molar-refractivity contribution in [1.29, 1.82) is 0 Å². The number of fused-ring (bicyclic) bond motifs is 2. The molecule has 0 fully saturated rings. The molecule has 0 unspecified atom stereocenters. The maximum Gasteiger partial charge on any atom is 0.127 e. The Balaban J connectivity index is 1.57. The van der Waals surface area contributed by atoms with E-state index < -0.39 is 0 Å². The quantitative estimate of drug-likeness (QED) is 0.269. The van der Waals surface area contributed by atoms with Crippen molar-refractivity contribution in [2.24, 2.45) is 0 Å². The number of aryl methyl sites for hydroxylation is 2. The minimum absolute atomic E-state index is 0.542. The smallest absolute Gasteiger partial charge is 0.127 e. The van der Waals surface area contributed by atoms with Gasteiger partial charge in [-0.3, -0.25) is 0 Å². The Labute approximate surface area is 221 Å². The van der Waals surface area contributed by atoms with E-state index in [2.05, 4.69) is 98.8 Å². The highest BCUT2D eigenvalue weighted by atomic mass is 32.2. The second kappa shape index (κ2) is 9.96. The Morgan fingerprint density at radius 2 is 0.889 bits per heavy atom. The van der Waals surface area contributed by atoms with E-state index in [1.807, 2.05) is 12.1 Å². The lowest BCUT2D eigenvalue weighted by Gasteiger charge is -2.30. The lowest BCUT2D eigenvalue weighted by molar-refractivity contribution is 0.351. The van der Waals surface area contributed by atoms with Crippen molar-refractivity contribution in [3.05, 3.63) is 129 Å². The normalized spacial score (nSPS) is 14.6. The van der Waals surface area contributed by atoms with Crippen LogP contribution in [0.1, 0.15) is 22.3 Å². The van der Waals surface area contributed by atoms with Crippen LogP contribution in [-0.4, -0.2) is 13.2 Å². The zero-order valence-electron chi connectivity index (χ0n) is 20.3. The van der Waals surface area contributed by atoms with Gasteiger partial charge >= 0.3 is 0 Å². The van der Waals surface area contributed by atoms with Crippen LogP contribution in [0.2, 0.25) is 0 Å². The van der Waals surface area contributed by atoms with Gasteiger partial charge in [0.05, 0.1) is 0 Å². The van der Waals surface area contributed by atoms with Crippen LogP contribution in [0.25, 0.3) is 11.1 Å². The maximum atomic E-state index is 6.27. The van der Waals surface area contributed by atoms with Gasteiger partial charge in [0.1, 0.15) is 24.7 Å². The molecule has 2 aliphatic heterocycles. The Morgan fingerprint density at radius 3 is 1.31 bits per heavy atom. The van der Waals surface area contributed by atoms with Crippen LogP contribution in [0, 0.1) is 13.8 Å². The molecule has 0 atom stereocenters. The number of para-hydroxylation sites is 2. The lowest BCUT2D eigenvalue weighted by atomic mass is 9.88. The predicted molar refractivity (Wildman–Crippen MR) is 152 cm³/mol. The van der Waals surface area contributed by atoms with Crippen molar-refractivity contribution < 1.29 is 9.47 Å². The third-order valence-electron chi connectivity index (χ3n) is 6.36. The molecule has 0 aromatic heterocycles. The van der Waals surface area contributed by atoms with Gasteiger partial charge in [0, 0.05) is 41.9 Å². The first-order chi connectivity index (χ1) is 17.7. The van der Waals surface area contributed by atoms with E-state index in [1.165, 1.54) is 41.9 Å². The summed E-state index contributed by atoms with van der Waals surface area (Å²) in [5.74, 6) is 1.86. The molecule has 0 spiro atoms. The number of allylic oxidation sites excluding steroid dienone is 2. The standard InChI is InChI=1S/C32H26O2S2/c1-21-11-15-23(16-12-21)35-29-19-33-27-9-5-3-7-25(27)31(29)32-26-8-4-6-10-28(26)34-20-30(32)36-24-17-13-22(2)14-18-24/h3-18H,19-20H2,1-2H3. The number of hydrogen-bond donors (Lipinski definition) is 0. The first kappa shape index (κ1) is 23.1. The molecule has 178 valence electrons. The Bertz CT molecular complexity index is 1370. The van der Waals surface area contributed by atoms with Gasteiger partial charge in [0.15, 0.2) is 0 Å². The molecule has 0 saturated heterocycles. The fraction of sp³-hybridized carbons (Fsp3) is 0.125. The molecule has 4 aromatic rings. The average Bonchev–Trinajstić information content (AvgIpc) is 2.91. The minimum Gasteiger partial charge on any atom is -0.488 e. The van der Waals surface area contributed by atoms with Gasteiger partial charge in [-0.2, -0.15) is 0 Å². The molecule has 0 saturated carbocycles. The molecule has 4 aromatic carbocycles. The molecule has 0 N–H and O–H groups in total. The van der Waals surface area contributed by atoms with Crippen LogP contribution in [-0.2, 0) is 0 Å². The SMILES string of the molecule is Cc1ccc(SC2=C(C3=C(Sc4ccc(C)cc4)COc4ccccc43)c3ccccc3OC2)cc1. The summed E-state index contributed by atoms with van der Waals surface area (Å²) in [7, 11) is 0. The molecular formula is C32H26O2S2. The van der Waals surface area contributed by atoms with E-state index in [9.17, 15) is 0 Å². The van der Waals surface area contributed by atoms with Crippen LogP contribution < -0.4 is 9.47 Å². The largest absolute Gasteiger partial charge is 0.488 e. The van der Waals surface area contributed by atoms with Crippen LogP contribution >= 0.6 is 23.5 Å². The molecule has 0 bridgehead atoms. The number of benzene rings is 4. The maximum absolute atomic E-state index is 6.27. The topological polar surface area (TPSA) is 18.5 Å². The molecular weight excluding hydrogens is 480 g/mol. The molecule has 2 heterocycles. The van der Waals surface area contributed by atoms with Crippen LogP contribution in [0.15, 0.2) is 117 Å². The number of thioether (sulfide) groups is 2. The first-order valence-electron chi connectivity index (χ1n) is 12.1. The van der Waals surface area contributed by atoms with Crippen LogP contribution in [0.5, 0.6) is 11.5 Å². The Hall–Kier alpha value is -3.34. The predicted octanol–water partition coefficient (Wildman–Crippen LogP) is 8.80. The van der Waals surface area contributed by atoms with Gasteiger partial charge in [-0.1, -0.05) is 95.3 Å². The van der Waals surface area contributed by atoms with Crippen LogP contribution in [0.4, 0.5) is 0 Å². The second-order valence-electron chi connectivity index (χ2n) is 9.00. The van der Waals surface area contributed by atoms with Crippen molar-refractivity contribution in [3.63, 3.8) is 0 Å².